The number of aliphatic hydroxyl groups excluding tert-OH is 1. The Morgan fingerprint density at radius 2 is 1.73 bits per heavy atom. The zero-order valence-corrected chi connectivity index (χ0v) is 21.7. The van der Waals surface area contributed by atoms with E-state index in [0.29, 0.717) is 18.4 Å². The molecule has 2 unspecified atom stereocenters. The molecule has 1 saturated carbocycles. The van der Waals surface area contributed by atoms with Gasteiger partial charge in [0.25, 0.3) is 0 Å². The van der Waals surface area contributed by atoms with Crippen molar-refractivity contribution in [1.29, 1.82) is 0 Å². The molecule has 1 heterocycles. The number of likely N-dealkylation sites (tertiary alicyclic amines) is 1. The molecule has 1 aromatic rings. The van der Waals surface area contributed by atoms with E-state index in [-0.39, 0.29) is 10.8 Å². The third kappa shape index (κ3) is 5.54. The lowest BCUT2D eigenvalue weighted by atomic mass is 9.63. The minimum absolute atomic E-state index is 0.231. The number of benzene rings is 1. The first-order valence-corrected chi connectivity index (χ1v) is 13.1. The van der Waals surface area contributed by atoms with Crippen molar-refractivity contribution in [2.75, 3.05) is 26.2 Å². The van der Waals surface area contributed by atoms with Crippen molar-refractivity contribution in [2.45, 2.75) is 77.6 Å². The van der Waals surface area contributed by atoms with E-state index < -0.39 is 0 Å². The highest BCUT2D eigenvalue weighted by Crippen LogP contribution is 2.46. The smallest absolute Gasteiger partial charge is 0.0462 e. The topological polar surface area (TPSA) is 23.5 Å². The van der Waals surface area contributed by atoms with Crippen LogP contribution in [0.25, 0.3) is 5.57 Å². The van der Waals surface area contributed by atoms with Gasteiger partial charge in [-0.25, -0.2) is 0 Å². The van der Waals surface area contributed by atoms with Gasteiger partial charge in [0.2, 0.25) is 0 Å². The van der Waals surface area contributed by atoms with Crippen LogP contribution in [0.15, 0.2) is 48.6 Å². The Morgan fingerprint density at radius 1 is 1.06 bits per heavy atom. The summed E-state index contributed by atoms with van der Waals surface area (Å²) in [5.74, 6) is 2.02. The fraction of sp³-hybridized carbons (Fsp3) is 0.613. The number of allylic oxidation sites excluding steroid dienone is 5. The van der Waals surface area contributed by atoms with Crippen molar-refractivity contribution in [1.82, 2.24) is 4.90 Å². The Labute approximate surface area is 202 Å². The summed E-state index contributed by atoms with van der Waals surface area (Å²) in [4.78, 5) is 2.61. The number of fused-ring (bicyclic) bond motifs is 1. The molecule has 2 atom stereocenters. The first-order valence-electron chi connectivity index (χ1n) is 13.1. The van der Waals surface area contributed by atoms with Crippen LogP contribution in [0.4, 0.5) is 0 Å². The highest BCUT2D eigenvalue weighted by Gasteiger charge is 2.38. The van der Waals surface area contributed by atoms with Gasteiger partial charge in [0.05, 0.1) is 0 Å². The van der Waals surface area contributed by atoms with Crippen LogP contribution in [-0.2, 0) is 10.8 Å². The molecule has 4 rings (SSSR count). The lowest BCUT2D eigenvalue weighted by molar-refractivity contribution is 0.182. The molecule has 0 radical (unpaired) electrons. The van der Waals surface area contributed by atoms with E-state index in [4.69, 9.17) is 0 Å². The summed E-state index contributed by atoms with van der Waals surface area (Å²) in [6, 6.07) is 7.02. The first-order chi connectivity index (χ1) is 15.6. The highest BCUT2D eigenvalue weighted by molar-refractivity contribution is 5.73. The lowest BCUT2D eigenvalue weighted by Gasteiger charge is -2.42. The van der Waals surface area contributed by atoms with Crippen molar-refractivity contribution in [2.24, 2.45) is 17.8 Å². The van der Waals surface area contributed by atoms with Gasteiger partial charge in [-0.1, -0.05) is 76.3 Å². The predicted molar refractivity (Wildman–Crippen MR) is 142 cm³/mol. The second-order valence-electron chi connectivity index (χ2n) is 12.3. The van der Waals surface area contributed by atoms with Crippen LogP contribution in [0.2, 0.25) is 0 Å². The number of hydrogen-bond donors (Lipinski definition) is 1. The van der Waals surface area contributed by atoms with Gasteiger partial charge in [-0.3, -0.25) is 0 Å². The largest absolute Gasteiger partial charge is 0.396 e. The average Bonchev–Trinajstić information content (AvgIpc) is 3.55. The van der Waals surface area contributed by atoms with E-state index in [9.17, 15) is 5.11 Å². The van der Waals surface area contributed by atoms with E-state index in [1.54, 1.807) is 0 Å². The number of piperidine rings is 1. The summed E-state index contributed by atoms with van der Waals surface area (Å²) in [7, 11) is 0. The zero-order valence-electron chi connectivity index (χ0n) is 21.7. The molecule has 1 saturated heterocycles. The van der Waals surface area contributed by atoms with E-state index in [0.717, 1.165) is 11.5 Å². The number of nitrogens with zero attached hydrogens (tertiary/aromatic N) is 1. The molecule has 1 aliphatic heterocycles. The summed E-state index contributed by atoms with van der Waals surface area (Å²) in [5, 5.41) is 9.27. The maximum atomic E-state index is 9.27. The average molecular weight is 448 g/mol. The van der Waals surface area contributed by atoms with Gasteiger partial charge in [-0.05, 0) is 103 Å². The highest BCUT2D eigenvalue weighted by atomic mass is 16.3. The summed E-state index contributed by atoms with van der Waals surface area (Å²) in [6.07, 6.45) is 12.9. The van der Waals surface area contributed by atoms with Crippen LogP contribution in [-0.4, -0.2) is 36.2 Å². The Bertz CT molecular complexity index is 926. The number of rotatable bonds is 7. The minimum atomic E-state index is 0.231. The van der Waals surface area contributed by atoms with Gasteiger partial charge in [0.15, 0.2) is 0 Å². The summed E-state index contributed by atoms with van der Waals surface area (Å²) >= 11 is 0. The van der Waals surface area contributed by atoms with Gasteiger partial charge >= 0.3 is 0 Å². The van der Waals surface area contributed by atoms with Crippen LogP contribution in [0, 0.1) is 17.8 Å². The molecule has 180 valence electrons. The fourth-order valence-electron chi connectivity index (χ4n) is 6.00. The van der Waals surface area contributed by atoms with Crippen LogP contribution >= 0.6 is 0 Å². The molecule has 2 aliphatic carbocycles. The van der Waals surface area contributed by atoms with Crippen molar-refractivity contribution in [3.05, 3.63) is 65.3 Å². The minimum Gasteiger partial charge on any atom is -0.396 e. The van der Waals surface area contributed by atoms with Crippen LogP contribution < -0.4 is 0 Å². The molecule has 2 fully saturated rings. The van der Waals surface area contributed by atoms with Crippen LogP contribution in [0.3, 0.4) is 0 Å². The van der Waals surface area contributed by atoms with Gasteiger partial charge in [-0.15, -0.1) is 0 Å². The Hall–Kier alpha value is -1.64. The molecule has 1 aromatic carbocycles. The molecular formula is C31H45NO. The molecule has 3 aliphatic rings. The molecule has 1 N–H and O–H groups in total. The zero-order chi connectivity index (χ0) is 23.8. The molecule has 2 nitrogen and oxygen atoms in total. The van der Waals surface area contributed by atoms with Crippen molar-refractivity contribution in [3.63, 3.8) is 0 Å². The maximum Gasteiger partial charge on any atom is 0.0462 e. The second kappa shape index (κ2) is 9.55. The predicted octanol–water partition coefficient (Wildman–Crippen LogP) is 6.89. The van der Waals surface area contributed by atoms with Gasteiger partial charge in [0.1, 0.15) is 0 Å². The summed E-state index contributed by atoms with van der Waals surface area (Å²) in [6.45, 7) is 20.2. The summed E-state index contributed by atoms with van der Waals surface area (Å²) < 4.78 is 0. The van der Waals surface area contributed by atoms with E-state index in [1.165, 1.54) is 74.0 Å². The van der Waals surface area contributed by atoms with Gasteiger partial charge in [-0.2, -0.15) is 0 Å². The fourth-order valence-corrected chi connectivity index (χ4v) is 6.00. The Kier molecular flexibility index (Phi) is 7.08. The van der Waals surface area contributed by atoms with Crippen molar-refractivity contribution < 1.29 is 5.11 Å². The SMILES string of the molecule is C=C(/C=C\C=C(/C)C1CCN(CC2CC2CO)CC1)c1ccc2c(c1)C(C)(C)CCC2(C)C. The molecular weight excluding hydrogens is 402 g/mol. The maximum absolute atomic E-state index is 9.27. The van der Waals surface area contributed by atoms with Gasteiger partial charge < -0.3 is 10.0 Å². The van der Waals surface area contributed by atoms with E-state index >= 15 is 0 Å². The molecule has 0 bridgehead atoms. The standard InChI is InChI=1S/C31H45NO/c1-22(24-12-16-32(17-13-24)20-26-18-27(26)21-33)8-7-9-23(2)25-10-11-28-29(19-25)31(5,6)15-14-30(28,3)4/h7-11,19,24,26-27,33H,2,12-18,20-21H2,1,3-6H3/b9-7-,22-8+. The normalized spacial score (nSPS) is 27.5. The molecule has 2 heteroatoms. The van der Waals surface area contributed by atoms with E-state index in [2.05, 4.69) is 82.5 Å². The molecule has 0 spiro atoms. The molecule has 0 amide bonds. The third-order valence-electron chi connectivity index (χ3n) is 8.91. The van der Waals surface area contributed by atoms with E-state index in [1.807, 2.05) is 0 Å². The van der Waals surface area contributed by atoms with Crippen molar-refractivity contribution >= 4 is 5.57 Å². The summed E-state index contributed by atoms with van der Waals surface area (Å²) in [5.41, 5.74) is 7.33. The first kappa shape index (κ1) is 24.5. The number of aliphatic hydroxyl groups is 1. The lowest BCUT2D eigenvalue weighted by Crippen LogP contribution is -2.35. The Balaban J connectivity index is 1.34. The third-order valence-corrected chi connectivity index (χ3v) is 8.91. The van der Waals surface area contributed by atoms with Gasteiger partial charge in [0, 0.05) is 13.2 Å². The Morgan fingerprint density at radius 3 is 2.36 bits per heavy atom. The van der Waals surface area contributed by atoms with Crippen LogP contribution in [0.5, 0.6) is 0 Å². The number of hydrogen-bond acceptors (Lipinski definition) is 2. The van der Waals surface area contributed by atoms with Crippen LogP contribution in [0.1, 0.15) is 83.4 Å². The second-order valence-corrected chi connectivity index (χ2v) is 12.3. The molecule has 0 aromatic heterocycles. The monoisotopic (exact) mass is 447 g/mol. The quantitative estimate of drug-likeness (QED) is 0.460. The van der Waals surface area contributed by atoms with Crippen molar-refractivity contribution in [3.8, 4) is 0 Å². The molecule has 33 heavy (non-hydrogen) atoms.